The monoisotopic (exact) mass is 177 g/mol. The molecule has 0 aromatic carbocycles. The van der Waals surface area contributed by atoms with Crippen LogP contribution in [0, 0.1) is 0 Å². The molecule has 0 aliphatic rings. The highest BCUT2D eigenvalue weighted by molar-refractivity contribution is 5.59. The van der Waals surface area contributed by atoms with Crippen LogP contribution in [0.15, 0.2) is 41.1 Å². The molecule has 0 unspecified atom stereocenters. The standard InChI is InChI=1S/C12H19N/c1-5-9-11(7-3)12(8-4)13-10-6-2/h5,7-8,10H,1,6,9H2,2-4H3/b11-7-,12-8+,13-10-. The number of aliphatic imine (C=N–C) groups is 1. The van der Waals surface area contributed by atoms with Crippen LogP contribution in [0.3, 0.4) is 0 Å². The number of hydrogen-bond acceptors (Lipinski definition) is 1. The number of nitrogens with zero attached hydrogens (tertiary/aromatic N) is 1. The van der Waals surface area contributed by atoms with Crippen molar-refractivity contribution >= 4 is 6.21 Å². The Bertz CT molecular complexity index is 232. The number of rotatable bonds is 5. The minimum atomic E-state index is 0.886. The van der Waals surface area contributed by atoms with Crippen molar-refractivity contribution in [2.24, 2.45) is 4.99 Å². The molecule has 13 heavy (non-hydrogen) atoms. The first-order chi connectivity index (χ1) is 6.29. The van der Waals surface area contributed by atoms with E-state index in [0.717, 1.165) is 18.5 Å². The first-order valence-corrected chi connectivity index (χ1v) is 4.75. The Kier molecular flexibility index (Phi) is 6.89. The molecule has 0 N–H and O–H groups in total. The van der Waals surface area contributed by atoms with Crippen LogP contribution in [0.2, 0.25) is 0 Å². The minimum absolute atomic E-state index is 0.886. The summed E-state index contributed by atoms with van der Waals surface area (Å²) in [5.41, 5.74) is 2.30. The van der Waals surface area contributed by atoms with E-state index in [4.69, 9.17) is 0 Å². The van der Waals surface area contributed by atoms with Gasteiger partial charge in [-0.3, -0.25) is 4.99 Å². The van der Waals surface area contributed by atoms with E-state index >= 15 is 0 Å². The van der Waals surface area contributed by atoms with Gasteiger partial charge in [-0.05, 0) is 32.3 Å². The normalized spacial score (nSPS) is 13.8. The van der Waals surface area contributed by atoms with Crippen LogP contribution >= 0.6 is 0 Å². The Morgan fingerprint density at radius 1 is 1.31 bits per heavy atom. The van der Waals surface area contributed by atoms with Gasteiger partial charge in [-0.15, -0.1) is 6.58 Å². The van der Waals surface area contributed by atoms with Crippen LogP contribution in [0.5, 0.6) is 0 Å². The molecule has 1 heteroatoms. The fourth-order valence-electron chi connectivity index (χ4n) is 1.06. The fraction of sp³-hybridized carbons (Fsp3) is 0.417. The van der Waals surface area contributed by atoms with Crippen molar-refractivity contribution in [3.8, 4) is 0 Å². The largest absolute Gasteiger partial charge is 0.261 e. The third-order valence-corrected chi connectivity index (χ3v) is 1.73. The van der Waals surface area contributed by atoms with Gasteiger partial charge in [-0.2, -0.15) is 0 Å². The van der Waals surface area contributed by atoms with Crippen LogP contribution in [0.1, 0.15) is 33.6 Å². The second-order valence-electron chi connectivity index (χ2n) is 2.70. The van der Waals surface area contributed by atoms with E-state index in [1.165, 1.54) is 5.57 Å². The summed E-state index contributed by atoms with van der Waals surface area (Å²) >= 11 is 0. The van der Waals surface area contributed by atoms with E-state index < -0.39 is 0 Å². The van der Waals surface area contributed by atoms with E-state index in [1.807, 2.05) is 32.2 Å². The lowest BCUT2D eigenvalue weighted by atomic mass is 10.1. The van der Waals surface area contributed by atoms with E-state index in [1.54, 1.807) is 0 Å². The van der Waals surface area contributed by atoms with Crippen molar-refractivity contribution in [2.75, 3.05) is 0 Å². The Balaban J connectivity index is 4.56. The summed E-state index contributed by atoms with van der Waals surface area (Å²) in [5.74, 6) is 0. The smallest absolute Gasteiger partial charge is 0.0614 e. The van der Waals surface area contributed by atoms with Gasteiger partial charge >= 0.3 is 0 Å². The van der Waals surface area contributed by atoms with E-state index in [0.29, 0.717) is 0 Å². The van der Waals surface area contributed by atoms with Gasteiger partial charge in [0.05, 0.1) is 5.70 Å². The van der Waals surface area contributed by atoms with Gasteiger partial charge in [0.25, 0.3) is 0 Å². The quantitative estimate of drug-likeness (QED) is 0.343. The lowest BCUT2D eigenvalue weighted by Crippen LogP contribution is -1.86. The average molecular weight is 177 g/mol. The zero-order valence-corrected chi connectivity index (χ0v) is 8.88. The van der Waals surface area contributed by atoms with Crippen LogP contribution in [0.4, 0.5) is 0 Å². The SMILES string of the molecule is C=CCC(=C/C)/C(=C\C)/N=C\CC. The summed E-state index contributed by atoms with van der Waals surface area (Å²) in [6.07, 6.45) is 9.82. The van der Waals surface area contributed by atoms with Gasteiger partial charge < -0.3 is 0 Å². The summed E-state index contributed by atoms with van der Waals surface area (Å²) in [7, 11) is 0. The third kappa shape index (κ3) is 4.46. The lowest BCUT2D eigenvalue weighted by molar-refractivity contribution is 1.16. The highest BCUT2D eigenvalue weighted by atomic mass is 14.7. The molecule has 0 aromatic rings. The summed E-state index contributed by atoms with van der Waals surface area (Å²) in [6.45, 7) is 9.85. The molecule has 0 fully saturated rings. The minimum Gasteiger partial charge on any atom is -0.261 e. The molecule has 72 valence electrons. The summed E-state index contributed by atoms with van der Waals surface area (Å²) in [5, 5.41) is 0. The van der Waals surface area contributed by atoms with Crippen molar-refractivity contribution in [1.82, 2.24) is 0 Å². The van der Waals surface area contributed by atoms with Gasteiger partial charge in [0.1, 0.15) is 0 Å². The Labute approximate surface area is 81.6 Å². The van der Waals surface area contributed by atoms with Crippen LogP contribution in [-0.2, 0) is 0 Å². The summed E-state index contributed by atoms with van der Waals surface area (Å²) < 4.78 is 0. The first kappa shape index (κ1) is 11.9. The maximum Gasteiger partial charge on any atom is 0.0614 e. The Morgan fingerprint density at radius 2 is 2.00 bits per heavy atom. The van der Waals surface area contributed by atoms with Gasteiger partial charge in [-0.1, -0.05) is 25.2 Å². The lowest BCUT2D eigenvalue weighted by Gasteiger charge is -2.03. The number of allylic oxidation sites excluding steroid dienone is 4. The second kappa shape index (κ2) is 7.53. The molecule has 0 amide bonds. The summed E-state index contributed by atoms with van der Waals surface area (Å²) in [4.78, 5) is 4.37. The molecule has 0 aliphatic heterocycles. The number of hydrogen-bond donors (Lipinski definition) is 0. The predicted octanol–water partition coefficient (Wildman–Crippen LogP) is 3.89. The van der Waals surface area contributed by atoms with E-state index in [2.05, 4.69) is 24.6 Å². The molecule has 0 bridgehead atoms. The second-order valence-corrected chi connectivity index (χ2v) is 2.70. The zero-order chi connectivity index (χ0) is 10.1. The molecule has 0 aliphatic carbocycles. The molecule has 1 nitrogen and oxygen atoms in total. The molecular formula is C12H19N. The molecule has 0 saturated carbocycles. The zero-order valence-electron chi connectivity index (χ0n) is 8.88. The molecule has 0 heterocycles. The average Bonchev–Trinajstić information content (AvgIpc) is 2.17. The van der Waals surface area contributed by atoms with Crippen LogP contribution in [-0.4, -0.2) is 6.21 Å². The van der Waals surface area contributed by atoms with Crippen molar-refractivity contribution in [3.63, 3.8) is 0 Å². The predicted molar refractivity (Wildman–Crippen MR) is 61.1 cm³/mol. The van der Waals surface area contributed by atoms with Crippen LogP contribution < -0.4 is 0 Å². The topological polar surface area (TPSA) is 12.4 Å². The van der Waals surface area contributed by atoms with Crippen molar-refractivity contribution in [2.45, 2.75) is 33.6 Å². The molecule has 0 saturated heterocycles. The highest BCUT2D eigenvalue weighted by Crippen LogP contribution is 2.15. The Morgan fingerprint density at radius 3 is 2.38 bits per heavy atom. The van der Waals surface area contributed by atoms with Crippen molar-refractivity contribution in [1.29, 1.82) is 0 Å². The molecule has 0 spiro atoms. The molecular weight excluding hydrogens is 158 g/mol. The van der Waals surface area contributed by atoms with Gasteiger partial charge in [0, 0.05) is 6.21 Å². The van der Waals surface area contributed by atoms with Crippen molar-refractivity contribution < 1.29 is 0 Å². The molecule has 0 rings (SSSR count). The fourth-order valence-corrected chi connectivity index (χ4v) is 1.06. The first-order valence-electron chi connectivity index (χ1n) is 4.75. The summed E-state index contributed by atoms with van der Waals surface area (Å²) in [6, 6.07) is 0. The van der Waals surface area contributed by atoms with Gasteiger partial charge in [0.2, 0.25) is 0 Å². The maximum absolute atomic E-state index is 4.37. The molecule has 0 aromatic heterocycles. The van der Waals surface area contributed by atoms with Crippen LogP contribution in [0.25, 0.3) is 0 Å². The van der Waals surface area contributed by atoms with E-state index in [-0.39, 0.29) is 0 Å². The molecule has 0 atom stereocenters. The van der Waals surface area contributed by atoms with Crippen molar-refractivity contribution in [3.05, 3.63) is 36.1 Å². The van der Waals surface area contributed by atoms with Gasteiger partial charge in [0.15, 0.2) is 0 Å². The maximum atomic E-state index is 4.37. The highest BCUT2D eigenvalue weighted by Gasteiger charge is 1.97. The Hall–Kier alpha value is -1.11. The molecule has 0 radical (unpaired) electrons. The third-order valence-electron chi connectivity index (χ3n) is 1.73. The van der Waals surface area contributed by atoms with E-state index in [9.17, 15) is 0 Å². The van der Waals surface area contributed by atoms with Gasteiger partial charge in [-0.25, -0.2) is 0 Å².